The lowest BCUT2D eigenvalue weighted by atomic mass is 10.9. The highest BCUT2D eigenvalue weighted by Gasteiger charge is 2.35. The van der Waals surface area contributed by atoms with Crippen LogP contribution in [0.15, 0.2) is 15.4 Å². The van der Waals surface area contributed by atoms with Gasteiger partial charge in [-0.25, -0.2) is 0 Å². The summed E-state index contributed by atoms with van der Waals surface area (Å²) in [5.41, 5.74) is 4.09. The van der Waals surface area contributed by atoms with Crippen LogP contribution in [0.25, 0.3) is 0 Å². The summed E-state index contributed by atoms with van der Waals surface area (Å²) in [6.07, 6.45) is 0. The zero-order chi connectivity index (χ0) is 15.9. The van der Waals surface area contributed by atoms with Crippen LogP contribution >= 0.6 is 0 Å². The highest BCUT2D eigenvalue weighted by Crippen LogP contribution is 2.29. The van der Waals surface area contributed by atoms with E-state index in [1.54, 1.807) is 9.64 Å². The molecule has 0 bridgehead atoms. The van der Waals surface area contributed by atoms with E-state index in [9.17, 15) is 0 Å². The van der Waals surface area contributed by atoms with Crippen molar-refractivity contribution >= 4 is 32.3 Å². The third kappa shape index (κ3) is 6.13. The van der Waals surface area contributed by atoms with Crippen molar-refractivity contribution in [1.82, 2.24) is 0 Å². The van der Waals surface area contributed by atoms with E-state index in [1.807, 2.05) is 0 Å². The van der Waals surface area contributed by atoms with Crippen LogP contribution in [0.5, 0.6) is 0 Å². The monoisotopic (exact) mass is 328 g/mol. The molecular weight excluding hydrogens is 293 g/mol. The molecule has 0 N–H and O–H groups in total. The summed E-state index contributed by atoms with van der Waals surface area (Å²) in [5.74, 6) is 0. The van der Waals surface area contributed by atoms with Crippen molar-refractivity contribution in [2.45, 2.75) is 78.6 Å². The predicted molar refractivity (Wildman–Crippen MR) is 104 cm³/mol. The lowest BCUT2D eigenvalue weighted by Gasteiger charge is -2.33. The molecule has 19 heavy (non-hydrogen) atoms. The SMILES string of the molecule is C[Si](C)(C)C(=C=C([Si](C)(C)C)[Si](C)(C)C)[Si](C)(C)C. The molecule has 112 valence electrons. The number of rotatable bonds is 4. The summed E-state index contributed by atoms with van der Waals surface area (Å²) in [5, 5.41) is 0. The Hall–Kier alpha value is 0.388. The van der Waals surface area contributed by atoms with Crippen LogP contribution in [-0.4, -0.2) is 32.3 Å². The van der Waals surface area contributed by atoms with Gasteiger partial charge in [0.15, 0.2) is 0 Å². The third-order valence-corrected chi connectivity index (χ3v) is 18.8. The minimum absolute atomic E-state index is 1.25. The second-order valence-electron chi connectivity index (χ2n) is 9.88. The molecular formula is C15H36Si4. The zero-order valence-corrected chi connectivity index (χ0v) is 19.5. The topological polar surface area (TPSA) is 0 Å². The van der Waals surface area contributed by atoms with Crippen molar-refractivity contribution < 1.29 is 0 Å². The summed E-state index contributed by atoms with van der Waals surface area (Å²) in [6.45, 7) is 30.0. The fourth-order valence-electron chi connectivity index (χ4n) is 3.12. The maximum Gasteiger partial charge on any atom is 0.0772 e. The molecule has 0 fully saturated rings. The number of hydrogen-bond donors (Lipinski definition) is 0. The van der Waals surface area contributed by atoms with Crippen LogP contribution in [-0.2, 0) is 0 Å². The lowest BCUT2D eigenvalue weighted by molar-refractivity contribution is 1.60. The first-order valence-electron chi connectivity index (χ1n) is 7.50. The fourth-order valence-corrected chi connectivity index (χ4v) is 23.6. The molecule has 0 aliphatic heterocycles. The minimum Gasteiger partial charge on any atom is -0.140 e. The van der Waals surface area contributed by atoms with Gasteiger partial charge in [-0.05, 0) is 0 Å². The van der Waals surface area contributed by atoms with Gasteiger partial charge in [0, 0.05) is 0 Å². The van der Waals surface area contributed by atoms with Gasteiger partial charge in [0.05, 0.1) is 32.3 Å². The van der Waals surface area contributed by atoms with Gasteiger partial charge in [0.1, 0.15) is 0 Å². The van der Waals surface area contributed by atoms with Crippen molar-refractivity contribution in [1.29, 1.82) is 0 Å². The molecule has 0 saturated heterocycles. The quantitative estimate of drug-likeness (QED) is 0.442. The summed E-state index contributed by atoms with van der Waals surface area (Å²) in [4.78, 5) is 3.53. The third-order valence-electron chi connectivity index (χ3n) is 3.25. The molecule has 0 aliphatic rings. The fraction of sp³-hybridized carbons (Fsp3) is 0.800. The maximum atomic E-state index is 4.09. The molecule has 0 saturated carbocycles. The van der Waals surface area contributed by atoms with Crippen LogP contribution in [0.1, 0.15) is 0 Å². The van der Waals surface area contributed by atoms with Crippen LogP contribution in [0.3, 0.4) is 0 Å². The minimum atomic E-state index is -1.25. The molecule has 0 nitrogen and oxygen atoms in total. The Kier molecular flexibility index (Phi) is 5.76. The highest BCUT2D eigenvalue weighted by molar-refractivity contribution is 7.06. The first kappa shape index (κ1) is 19.4. The molecule has 0 aromatic heterocycles. The normalized spacial score (nSPS) is 14.1. The van der Waals surface area contributed by atoms with Crippen molar-refractivity contribution in [3.63, 3.8) is 0 Å². The Labute approximate surface area is 126 Å². The average Bonchev–Trinajstić information content (AvgIpc) is 1.91. The smallest absolute Gasteiger partial charge is 0.0772 e. The van der Waals surface area contributed by atoms with Gasteiger partial charge >= 0.3 is 0 Å². The Morgan fingerprint density at radius 2 is 0.579 bits per heavy atom. The van der Waals surface area contributed by atoms with Crippen LogP contribution in [0.4, 0.5) is 0 Å². The molecule has 0 aliphatic carbocycles. The van der Waals surface area contributed by atoms with E-state index < -0.39 is 32.3 Å². The Bertz CT molecular complexity index is 318. The molecule has 0 aromatic carbocycles. The molecule has 0 aromatic rings. The van der Waals surface area contributed by atoms with Gasteiger partial charge in [0.25, 0.3) is 0 Å². The van der Waals surface area contributed by atoms with E-state index in [4.69, 9.17) is 0 Å². The van der Waals surface area contributed by atoms with Gasteiger partial charge in [0.2, 0.25) is 0 Å². The summed E-state index contributed by atoms with van der Waals surface area (Å²) in [7, 11) is -5.01. The average molecular weight is 329 g/mol. The van der Waals surface area contributed by atoms with Crippen molar-refractivity contribution in [3.8, 4) is 0 Å². The lowest BCUT2D eigenvalue weighted by Crippen LogP contribution is -2.43. The first-order chi connectivity index (χ1) is 7.97. The molecule has 0 spiro atoms. The highest BCUT2D eigenvalue weighted by atomic mass is 28.4. The summed E-state index contributed by atoms with van der Waals surface area (Å²) < 4.78 is 0. The molecule has 0 radical (unpaired) electrons. The van der Waals surface area contributed by atoms with E-state index in [0.29, 0.717) is 0 Å². The molecule has 0 heterocycles. The standard InChI is InChI=1S/C15H36Si4/c1-16(2,3)14(17(4,5)6)13-15(18(7,8)9)19(10,11)12/h1-12H3. The van der Waals surface area contributed by atoms with Crippen LogP contribution in [0.2, 0.25) is 78.6 Å². The Morgan fingerprint density at radius 3 is 0.684 bits per heavy atom. The molecule has 0 amide bonds. The van der Waals surface area contributed by atoms with Gasteiger partial charge in [-0.2, -0.15) is 0 Å². The molecule has 0 unspecified atom stereocenters. The van der Waals surface area contributed by atoms with Gasteiger partial charge in [-0.3, -0.25) is 0 Å². The first-order valence-corrected chi connectivity index (χ1v) is 21.5. The van der Waals surface area contributed by atoms with E-state index in [-0.39, 0.29) is 0 Å². The van der Waals surface area contributed by atoms with Crippen molar-refractivity contribution in [2.75, 3.05) is 0 Å². The second-order valence-corrected chi connectivity index (χ2v) is 30.9. The number of hydrogen-bond acceptors (Lipinski definition) is 0. The Balaban J connectivity index is 6.49. The van der Waals surface area contributed by atoms with Gasteiger partial charge < -0.3 is 0 Å². The largest absolute Gasteiger partial charge is 0.140 e. The summed E-state index contributed by atoms with van der Waals surface area (Å²) >= 11 is 0. The second kappa shape index (κ2) is 5.64. The van der Waals surface area contributed by atoms with E-state index in [1.165, 1.54) is 0 Å². The van der Waals surface area contributed by atoms with Gasteiger partial charge in [-0.15, -0.1) is 5.73 Å². The zero-order valence-electron chi connectivity index (χ0n) is 15.5. The molecule has 0 atom stereocenters. The van der Waals surface area contributed by atoms with Gasteiger partial charge in [-0.1, -0.05) is 88.2 Å². The predicted octanol–water partition coefficient (Wildman–Crippen LogP) is 5.95. The van der Waals surface area contributed by atoms with Crippen LogP contribution in [0, 0.1) is 0 Å². The summed E-state index contributed by atoms with van der Waals surface area (Å²) in [6, 6.07) is 0. The molecule has 4 heteroatoms. The Morgan fingerprint density at radius 1 is 0.421 bits per heavy atom. The maximum absolute atomic E-state index is 4.09. The van der Waals surface area contributed by atoms with E-state index >= 15 is 0 Å². The molecule has 0 rings (SSSR count). The van der Waals surface area contributed by atoms with E-state index in [0.717, 1.165) is 0 Å². The van der Waals surface area contributed by atoms with Crippen molar-refractivity contribution in [3.05, 3.63) is 15.4 Å². The van der Waals surface area contributed by atoms with Crippen LogP contribution < -0.4 is 0 Å². The van der Waals surface area contributed by atoms with Crippen molar-refractivity contribution in [2.24, 2.45) is 0 Å². The van der Waals surface area contributed by atoms with E-state index in [2.05, 4.69) is 84.3 Å².